The number of aryl methyl sites for hydroxylation is 1. The minimum atomic E-state index is -0.861. The summed E-state index contributed by atoms with van der Waals surface area (Å²) in [7, 11) is 0. The van der Waals surface area contributed by atoms with Crippen molar-refractivity contribution >= 4 is 34.2 Å². The van der Waals surface area contributed by atoms with Crippen LogP contribution in [-0.4, -0.2) is 5.91 Å². The van der Waals surface area contributed by atoms with Gasteiger partial charge < -0.3 is 9.73 Å². The number of amides is 1. The van der Waals surface area contributed by atoms with Crippen molar-refractivity contribution in [1.82, 2.24) is 0 Å². The highest BCUT2D eigenvalue weighted by molar-refractivity contribution is 6.35. The first-order chi connectivity index (χ1) is 10.5. The van der Waals surface area contributed by atoms with E-state index in [1.165, 1.54) is 0 Å². The van der Waals surface area contributed by atoms with Gasteiger partial charge in [0.1, 0.15) is 11.6 Å². The van der Waals surface area contributed by atoms with E-state index in [-0.39, 0.29) is 11.4 Å². The van der Waals surface area contributed by atoms with Crippen LogP contribution in [0.4, 0.5) is 14.5 Å². The number of carbonyl (C=O) groups excluding carboxylic acids is 1. The molecule has 3 rings (SSSR count). The Hall–Kier alpha value is -2.40. The standard InChI is InChI=1S/C16H10ClF2NO2/c1-8-10-3-2-4-11(17)15(10)22-14(8)16(21)20-13-6-5-9(18)7-12(13)19/h2-7H,1H3,(H,20,21). The molecule has 1 amide bonds. The van der Waals surface area contributed by atoms with Crippen LogP contribution in [0.15, 0.2) is 40.8 Å². The molecule has 112 valence electrons. The minimum absolute atomic E-state index is 0.0341. The van der Waals surface area contributed by atoms with Gasteiger partial charge in [0, 0.05) is 17.0 Å². The first-order valence-electron chi connectivity index (χ1n) is 6.41. The summed E-state index contributed by atoms with van der Waals surface area (Å²) < 4.78 is 31.9. The highest BCUT2D eigenvalue weighted by Crippen LogP contribution is 2.31. The van der Waals surface area contributed by atoms with Gasteiger partial charge in [-0.25, -0.2) is 8.78 Å². The van der Waals surface area contributed by atoms with Crippen LogP contribution in [0.1, 0.15) is 16.1 Å². The van der Waals surface area contributed by atoms with Crippen LogP contribution in [0.25, 0.3) is 11.0 Å². The molecule has 0 aliphatic carbocycles. The second-order valence-corrected chi connectivity index (χ2v) is 5.16. The van der Waals surface area contributed by atoms with E-state index in [4.69, 9.17) is 16.0 Å². The predicted molar refractivity (Wildman–Crippen MR) is 80.3 cm³/mol. The maximum absolute atomic E-state index is 13.6. The van der Waals surface area contributed by atoms with E-state index in [1.54, 1.807) is 25.1 Å². The lowest BCUT2D eigenvalue weighted by Crippen LogP contribution is -2.13. The van der Waals surface area contributed by atoms with Crippen molar-refractivity contribution in [2.45, 2.75) is 6.92 Å². The number of benzene rings is 2. The van der Waals surface area contributed by atoms with Crippen molar-refractivity contribution in [2.75, 3.05) is 5.32 Å². The Labute approximate surface area is 129 Å². The highest BCUT2D eigenvalue weighted by atomic mass is 35.5. The molecule has 0 radical (unpaired) electrons. The molecule has 1 heterocycles. The number of fused-ring (bicyclic) bond motifs is 1. The van der Waals surface area contributed by atoms with Gasteiger partial charge in [-0.2, -0.15) is 0 Å². The van der Waals surface area contributed by atoms with Crippen molar-refractivity contribution in [2.24, 2.45) is 0 Å². The average Bonchev–Trinajstić information content (AvgIpc) is 2.81. The summed E-state index contributed by atoms with van der Waals surface area (Å²) in [6, 6.07) is 8.06. The normalized spacial score (nSPS) is 10.9. The van der Waals surface area contributed by atoms with Crippen molar-refractivity contribution in [3.8, 4) is 0 Å². The number of anilines is 1. The molecule has 0 spiro atoms. The lowest BCUT2D eigenvalue weighted by atomic mass is 10.1. The average molecular weight is 322 g/mol. The third kappa shape index (κ3) is 2.44. The molecule has 0 unspecified atom stereocenters. The fraction of sp³-hybridized carbons (Fsp3) is 0.0625. The topological polar surface area (TPSA) is 42.2 Å². The number of carbonyl (C=O) groups is 1. The largest absolute Gasteiger partial charge is 0.449 e. The molecule has 6 heteroatoms. The van der Waals surface area contributed by atoms with Crippen LogP contribution in [-0.2, 0) is 0 Å². The first kappa shape index (κ1) is 14.5. The third-order valence-electron chi connectivity index (χ3n) is 3.30. The van der Waals surface area contributed by atoms with Gasteiger partial charge in [-0.15, -0.1) is 0 Å². The zero-order valence-corrected chi connectivity index (χ0v) is 12.2. The molecular formula is C16H10ClF2NO2. The molecular weight excluding hydrogens is 312 g/mol. The molecule has 22 heavy (non-hydrogen) atoms. The number of nitrogens with one attached hydrogen (secondary N) is 1. The lowest BCUT2D eigenvalue weighted by Gasteiger charge is -2.05. The molecule has 0 bridgehead atoms. The maximum Gasteiger partial charge on any atom is 0.291 e. The summed E-state index contributed by atoms with van der Waals surface area (Å²) in [6.07, 6.45) is 0. The molecule has 0 fully saturated rings. The van der Waals surface area contributed by atoms with Gasteiger partial charge in [-0.1, -0.05) is 23.7 Å². The fourth-order valence-electron chi connectivity index (χ4n) is 2.20. The molecule has 1 N–H and O–H groups in total. The fourth-order valence-corrected chi connectivity index (χ4v) is 2.41. The van der Waals surface area contributed by atoms with Gasteiger partial charge in [0.25, 0.3) is 5.91 Å². The van der Waals surface area contributed by atoms with E-state index in [9.17, 15) is 13.6 Å². The van der Waals surface area contributed by atoms with Gasteiger partial charge in [-0.3, -0.25) is 4.79 Å². The number of para-hydroxylation sites is 1. The summed E-state index contributed by atoms with van der Waals surface area (Å²) >= 11 is 6.02. The van der Waals surface area contributed by atoms with Crippen LogP contribution < -0.4 is 5.32 Å². The van der Waals surface area contributed by atoms with Crippen LogP contribution in [0, 0.1) is 18.6 Å². The molecule has 1 aromatic heterocycles. The summed E-state index contributed by atoms with van der Waals surface area (Å²) in [6.45, 7) is 1.71. The van der Waals surface area contributed by atoms with Gasteiger partial charge in [0.05, 0.1) is 10.7 Å². The molecule has 2 aromatic carbocycles. The quantitative estimate of drug-likeness (QED) is 0.727. The Kier molecular flexibility index (Phi) is 3.58. The van der Waals surface area contributed by atoms with E-state index in [1.807, 2.05) is 0 Å². The predicted octanol–water partition coefficient (Wildman–Crippen LogP) is 4.93. The number of halogens is 3. The molecule has 0 aliphatic rings. The molecule has 3 nitrogen and oxygen atoms in total. The Morgan fingerprint density at radius 1 is 1.23 bits per heavy atom. The first-order valence-corrected chi connectivity index (χ1v) is 6.79. The molecule has 0 aliphatic heterocycles. The Morgan fingerprint density at radius 2 is 2.00 bits per heavy atom. The monoisotopic (exact) mass is 321 g/mol. The van der Waals surface area contributed by atoms with Crippen molar-refractivity contribution in [3.05, 3.63) is 64.4 Å². The van der Waals surface area contributed by atoms with Crippen molar-refractivity contribution in [1.29, 1.82) is 0 Å². The van der Waals surface area contributed by atoms with Crippen LogP contribution in [0.5, 0.6) is 0 Å². The summed E-state index contributed by atoms with van der Waals surface area (Å²) in [4.78, 5) is 12.2. The van der Waals surface area contributed by atoms with Crippen molar-refractivity contribution < 1.29 is 18.0 Å². The Bertz CT molecular complexity index is 889. The molecule has 0 saturated carbocycles. The minimum Gasteiger partial charge on any atom is -0.449 e. The van der Waals surface area contributed by atoms with E-state index in [0.717, 1.165) is 12.1 Å². The number of hydrogen-bond donors (Lipinski definition) is 1. The van der Waals surface area contributed by atoms with Crippen LogP contribution in [0.2, 0.25) is 5.02 Å². The molecule has 3 aromatic rings. The van der Waals surface area contributed by atoms with Crippen LogP contribution in [0.3, 0.4) is 0 Å². The number of rotatable bonds is 2. The van der Waals surface area contributed by atoms with Crippen LogP contribution >= 0.6 is 11.6 Å². The van der Waals surface area contributed by atoms with E-state index in [2.05, 4.69) is 5.32 Å². The zero-order chi connectivity index (χ0) is 15.9. The highest BCUT2D eigenvalue weighted by Gasteiger charge is 2.20. The van der Waals surface area contributed by atoms with E-state index >= 15 is 0 Å². The second kappa shape index (κ2) is 5.42. The van der Waals surface area contributed by atoms with Gasteiger partial charge in [0.15, 0.2) is 11.3 Å². The number of hydrogen-bond acceptors (Lipinski definition) is 2. The Balaban J connectivity index is 1.99. The second-order valence-electron chi connectivity index (χ2n) is 4.75. The van der Waals surface area contributed by atoms with Gasteiger partial charge in [0.2, 0.25) is 0 Å². The summed E-state index contributed by atoms with van der Waals surface area (Å²) in [5.41, 5.74) is 0.862. The van der Waals surface area contributed by atoms with E-state index in [0.29, 0.717) is 27.6 Å². The SMILES string of the molecule is Cc1c(C(=O)Nc2ccc(F)cc2F)oc2c(Cl)cccc12. The maximum atomic E-state index is 13.6. The van der Waals surface area contributed by atoms with E-state index < -0.39 is 17.5 Å². The van der Waals surface area contributed by atoms with Gasteiger partial charge >= 0.3 is 0 Å². The molecule has 0 atom stereocenters. The zero-order valence-electron chi connectivity index (χ0n) is 11.4. The summed E-state index contributed by atoms with van der Waals surface area (Å²) in [5.74, 6) is -2.18. The summed E-state index contributed by atoms with van der Waals surface area (Å²) in [5, 5.41) is 3.45. The lowest BCUT2D eigenvalue weighted by molar-refractivity contribution is 0.0997. The van der Waals surface area contributed by atoms with Crippen molar-refractivity contribution in [3.63, 3.8) is 0 Å². The van der Waals surface area contributed by atoms with Gasteiger partial charge in [-0.05, 0) is 25.1 Å². The smallest absolute Gasteiger partial charge is 0.291 e. The third-order valence-corrected chi connectivity index (χ3v) is 3.60. The molecule has 0 saturated heterocycles. The Morgan fingerprint density at radius 3 is 2.68 bits per heavy atom. The number of furan rings is 1.